The summed E-state index contributed by atoms with van der Waals surface area (Å²) in [4.78, 5) is 22.4. The normalized spacial score (nSPS) is 22.4. The predicted molar refractivity (Wildman–Crippen MR) is 54.6 cm³/mol. The van der Waals surface area contributed by atoms with E-state index in [1.54, 1.807) is 6.92 Å². The topological polar surface area (TPSA) is 63.6 Å². The monoisotopic (exact) mass is 214 g/mol. The Morgan fingerprint density at radius 1 is 1.53 bits per heavy atom. The lowest BCUT2D eigenvalue weighted by atomic mass is 9.70. The number of aliphatic carboxylic acids is 1. The molecule has 0 aromatic heterocycles. The van der Waals surface area contributed by atoms with Gasteiger partial charge in [0.15, 0.2) is 0 Å². The van der Waals surface area contributed by atoms with E-state index in [9.17, 15) is 14.7 Å². The molecular formula is C11H18O4. The molecule has 1 aliphatic rings. The van der Waals surface area contributed by atoms with Crippen LogP contribution in [0.15, 0.2) is 0 Å². The minimum Gasteiger partial charge on any atom is -0.481 e. The van der Waals surface area contributed by atoms with Crippen LogP contribution in [0, 0.1) is 5.41 Å². The lowest BCUT2D eigenvalue weighted by Crippen LogP contribution is -2.45. The number of hydrogen-bond donors (Lipinski definition) is 1. The minimum absolute atomic E-state index is 0.163. The van der Waals surface area contributed by atoms with Gasteiger partial charge in [-0.3, -0.25) is 9.59 Å². The van der Waals surface area contributed by atoms with Gasteiger partial charge < -0.3 is 9.84 Å². The number of rotatable bonds is 4. The highest BCUT2D eigenvalue weighted by Crippen LogP contribution is 2.39. The van der Waals surface area contributed by atoms with Gasteiger partial charge in [0.05, 0.1) is 11.5 Å². The van der Waals surface area contributed by atoms with Gasteiger partial charge in [-0.05, 0) is 26.7 Å². The SMILES string of the molecule is CCOC(C)C1(C(=O)O)CCC(=O)CC1. The van der Waals surface area contributed by atoms with Crippen LogP contribution in [0.3, 0.4) is 0 Å². The van der Waals surface area contributed by atoms with Crippen LogP contribution in [0.25, 0.3) is 0 Å². The lowest BCUT2D eigenvalue weighted by molar-refractivity contribution is -0.163. The van der Waals surface area contributed by atoms with Crippen molar-refractivity contribution < 1.29 is 19.4 Å². The fourth-order valence-corrected chi connectivity index (χ4v) is 2.18. The number of carbonyl (C=O) groups excluding carboxylic acids is 1. The fraction of sp³-hybridized carbons (Fsp3) is 0.818. The third kappa shape index (κ3) is 2.37. The van der Waals surface area contributed by atoms with Gasteiger partial charge >= 0.3 is 5.97 Å². The number of carboxylic acid groups (broad SMARTS) is 1. The number of hydrogen-bond acceptors (Lipinski definition) is 3. The zero-order chi connectivity index (χ0) is 11.5. The van der Waals surface area contributed by atoms with Crippen molar-refractivity contribution in [1.29, 1.82) is 0 Å². The van der Waals surface area contributed by atoms with Crippen molar-refractivity contribution in [2.45, 2.75) is 45.6 Å². The van der Waals surface area contributed by atoms with Gasteiger partial charge in [-0.2, -0.15) is 0 Å². The average Bonchev–Trinajstić information content (AvgIpc) is 2.19. The molecule has 86 valence electrons. The van der Waals surface area contributed by atoms with E-state index in [2.05, 4.69) is 0 Å². The van der Waals surface area contributed by atoms with E-state index in [4.69, 9.17) is 4.74 Å². The van der Waals surface area contributed by atoms with Crippen molar-refractivity contribution in [2.24, 2.45) is 5.41 Å². The molecule has 1 rings (SSSR count). The van der Waals surface area contributed by atoms with E-state index < -0.39 is 11.4 Å². The highest BCUT2D eigenvalue weighted by atomic mass is 16.5. The molecule has 0 heterocycles. The summed E-state index contributed by atoms with van der Waals surface area (Å²) in [7, 11) is 0. The lowest BCUT2D eigenvalue weighted by Gasteiger charge is -2.37. The number of ether oxygens (including phenoxy) is 1. The summed E-state index contributed by atoms with van der Waals surface area (Å²) in [6.07, 6.45) is 1.21. The minimum atomic E-state index is -0.857. The molecule has 0 aromatic carbocycles. The van der Waals surface area contributed by atoms with E-state index in [0.717, 1.165) is 0 Å². The zero-order valence-corrected chi connectivity index (χ0v) is 9.28. The molecular weight excluding hydrogens is 196 g/mol. The summed E-state index contributed by atoms with van der Waals surface area (Å²) in [5.41, 5.74) is -0.857. The molecule has 0 aliphatic heterocycles. The molecule has 1 atom stereocenters. The standard InChI is InChI=1S/C11H18O4/c1-3-15-8(2)11(10(13)14)6-4-9(12)5-7-11/h8H,3-7H2,1-2H3,(H,13,14). The Morgan fingerprint density at radius 2 is 2.07 bits per heavy atom. The third-order valence-electron chi connectivity index (χ3n) is 3.32. The molecule has 1 aliphatic carbocycles. The first-order valence-corrected chi connectivity index (χ1v) is 5.39. The molecule has 4 heteroatoms. The second kappa shape index (κ2) is 4.75. The Hall–Kier alpha value is -0.900. The van der Waals surface area contributed by atoms with Gasteiger partial charge in [-0.15, -0.1) is 0 Å². The molecule has 0 saturated heterocycles. The molecule has 0 spiro atoms. The fourth-order valence-electron chi connectivity index (χ4n) is 2.18. The summed E-state index contributed by atoms with van der Waals surface area (Å²) in [5, 5.41) is 9.28. The zero-order valence-electron chi connectivity index (χ0n) is 9.28. The Balaban J connectivity index is 2.79. The third-order valence-corrected chi connectivity index (χ3v) is 3.32. The summed E-state index contributed by atoms with van der Waals surface area (Å²) < 4.78 is 5.39. The maximum absolute atomic E-state index is 11.3. The maximum atomic E-state index is 11.3. The second-order valence-corrected chi connectivity index (χ2v) is 4.10. The molecule has 0 bridgehead atoms. The molecule has 1 saturated carbocycles. The van der Waals surface area contributed by atoms with Crippen molar-refractivity contribution in [3.05, 3.63) is 0 Å². The Morgan fingerprint density at radius 3 is 2.47 bits per heavy atom. The Labute approximate surface area is 89.6 Å². The van der Waals surface area contributed by atoms with E-state index >= 15 is 0 Å². The van der Waals surface area contributed by atoms with Crippen LogP contribution >= 0.6 is 0 Å². The highest BCUT2D eigenvalue weighted by molar-refractivity contribution is 5.84. The van der Waals surface area contributed by atoms with Crippen molar-refractivity contribution in [3.63, 3.8) is 0 Å². The van der Waals surface area contributed by atoms with Crippen molar-refractivity contribution in [1.82, 2.24) is 0 Å². The Bertz CT molecular complexity index is 249. The second-order valence-electron chi connectivity index (χ2n) is 4.10. The van der Waals surface area contributed by atoms with Crippen molar-refractivity contribution in [3.8, 4) is 0 Å². The van der Waals surface area contributed by atoms with Gasteiger partial charge in [-0.25, -0.2) is 0 Å². The maximum Gasteiger partial charge on any atom is 0.312 e. The first-order chi connectivity index (χ1) is 7.03. The van der Waals surface area contributed by atoms with Gasteiger partial charge in [0, 0.05) is 19.4 Å². The van der Waals surface area contributed by atoms with Gasteiger partial charge in [0.1, 0.15) is 5.78 Å². The van der Waals surface area contributed by atoms with Crippen molar-refractivity contribution >= 4 is 11.8 Å². The molecule has 0 aromatic rings. The van der Waals surface area contributed by atoms with Crippen LogP contribution in [0.1, 0.15) is 39.5 Å². The molecule has 15 heavy (non-hydrogen) atoms. The van der Waals surface area contributed by atoms with Crippen LogP contribution in [-0.2, 0) is 14.3 Å². The van der Waals surface area contributed by atoms with E-state index in [0.29, 0.717) is 32.3 Å². The first kappa shape index (κ1) is 12.2. The number of carbonyl (C=O) groups is 2. The number of Topliss-reactive ketones (excluding diaryl/α,β-unsaturated/α-hetero) is 1. The molecule has 1 unspecified atom stereocenters. The summed E-state index contributed by atoms with van der Waals surface area (Å²) in [6, 6.07) is 0. The molecule has 4 nitrogen and oxygen atoms in total. The summed E-state index contributed by atoms with van der Waals surface area (Å²) in [6.45, 7) is 4.14. The molecule has 0 radical (unpaired) electrons. The quantitative estimate of drug-likeness (QED) is 0.772. The summed E-state index contributed by atoms with van der Waals surface area (Å²) >= 11 is 0. The van der Waals surface area contributed by atoms with E-state index in [-0.39, 0.29) is 11.9 Å². The molecule has 1 N–H and O–H groups in total. The van der Waals surface area contributed by atoms with Crippen LogP contribution in [0.5, 0.6) is 0 Å². The largest absolute Gasteiger partial charge is 0.481 e. The van der Waals surface area contributed by atoms with E-state index in [1.807, 2.05) is 6.92 Å². The highest BCUT2D eigenvalue weighted by Gasteiger charge is 2.46. The average molecular weight is 214 g/mol. The molecule has 1 fully saturated rings. The number of ketones is 1. The van der Waals surface area contributed by atoms with Crippen molar-refractivity contribution in [2.75, 3.05) is 6.61 Å². The number of carboxylic acids is 1. The Kier molecular flexibility index (Phi) is 3.85. The van der Waals surface area contributed by atoms with Gasteiger partial charge in [0.25, 0.3) is 0 Å². The van der Waals surface area contributed by atoms with Crippen LogP contribution < -0.4 is 0 Å². The van der Waals surface area contributed by atoms with Crippen LogP contribution in [0.2, 0.25) is 0 Å². The van der Waals surface area contributed by atoms with Gasteiger partial charge in [-0.1, -0.05) is 0 Å². The smallest absolute Gasteiger partial charge is 0.312 e. The van der Waals surface area contributed by atoms with E-state index in [1.165, 1.54) is 0 Å². The van der Waals surface area contributed by atoms with Crippen LogP contribution in [0.4, 0.5) is 0 Å². The van der Waals surface area contributed by atoms with Crippen LogP contribution in [-0.4, -0.2) is 29.6 Å². The first-order valence-electron chi connectivity index (χ1n) is 5.39. The molecule has 0 amide bonds. The van der Waals surface area contributed by atoms with Gasteiger partial charge in [0.2, 0.25) is 0 Å². The summed E-state index contributed by atoms with van der Waals surface area (Å²) in [5.74, 6) is -0.675. The predicted octanol–water partition coefficient (Wildman–Crippen LogP) is 1.63.